The summed E-state index contributed by atoms with van der Waals surface area (Å²) < 4.78 is 18.4. The van der Waals surface area contributed by atoms with Gasteiger partial charge < -0.3 is 9.84 Å². The summed E-state index contributed by atoms with van der Waals surface area (Å²) in [5.41, 5.74) is 0.611. The normalized spacial score (nSPS) is 12.2. The first kappa shape index (κ1) is 12.7. The third-order valence-electron chi connectivity index (χ3n) is 2.24. The summed E-state index contributed by atoms with van der Waals surface area (Å²) in [6.45, 7) is 5.73. The van der Waals surface area contributed by atoms with Crippen molar-refractivity contribution in [3.8, 4) is 5.75 Å². The van der Waals surface area contributed by atoms with E-state index in [-0.39, 0.29) is 5.82 Å². The lowest BCUT2D eigenvalue weighted by atomic mass is 10.1. The second kappa shape index (κ2) is 6.28. The standard InChI is InChI=1S/C13H17FO2/c1-3-4-5-8-16-13-9-11(14)6-7-12(13)10(2)15/h3,6-7,9-10,15H,1,4-5,8H2,2H3. The van der Waals surface area contributed by atoms with Gasteiger partial charge in [0.25, 0.3) is 0 Å². The molecule has 1 aromatic rings. The average molecular weight is 224 g/mol. The highest BCUT2D eigenvalue weighted by Gasteiger charge is 2.09. The zero-order valence-electron chi connectivity index (χ0n) is 9.45. The van der Waals surface area contributed by atoms with Crippen LogP contribution in [0.4, 0.5) is 4.39 Å². The monoisotopic (exact) mass is 224 g/mol. The fourth-order valence-corrected chi connectivity index (χ4v) is 1.39. The van der Waals surface area contributed by atoms with Gasteiger partial charge in [0.15, 0.2) is 0 Å². The number of rotatable bonds is 6. The number of aliphatic hydroxyl groups is 1. The average Bonchev–Trinajstić information content (AvgIpc) is 2.24. The first-order valence-corrected chi connectivity index (χ1v) is 5.36. The number of hydrogen-bond acceptors (Lipinski definition) is 2. The Labute approximate surface area is 95.4 Å². The van der Waals surface area contributed by atoms with Gasteiger partial charge in [-0.15, -0.1) is 6.58 Å². The summed E-state index contributed by atoms with van der Waals surface area (Å²) in [5, 5.41) is 9.48. The highest BCUT2D eigenvalue weighted by Crippen LogP contribution is 2.26. The zero-order chi connectivity index (χ0) is 12.0. The Morgan fingerprint density at radius 3 is 2.94 bits per heavy atom. The number of ether oxygens (including phenoxy) is 1. The third-order valence-corrected chi connectivity index (χ3v) is 2.24. The second-order valence-corrected chi connectivity index (χ2v) is 3.64. The van der Waals surface area contributed by atoms with E-state index in [4.69, 9.17) is 4.74 Å². The predicted octanol–water partition coefficient (Wildman–Crippen LogP) is 3.22. The van der Waals surface area contributed by atoms with Crippen molar-refractivity contribution in [1.29, 1.82) is 0 Å². The summed E-state index contributed by atoms with van der Waals surface area (Å²) >= 11 is 0. The molecule has 0 heterocycles. The maximum Gasteiger partial charge on any atom is 0.127 e. The molecule has 0 aromatic heterocycles. The minimum Gasteiger partial charge on any atom is -0.493 e. The van der Waals surface area contributed by atoms with Gasteiger partial charge in [0.2, 0.25) is 0 Å². The van der Waals surface area contributed by atoms with E-state index < -0.39 is 6.10 Å². The number of hydrogen-bond donors (Lipinski definition) is 1. The van der Waals surface area contributed by atoms with E-state index in [9.17, 15) is 9.50 Å². The molecule has 0 aliphatic rings. The van der Waals surface area contributed by atoms with Gasteiger partial charge in [-0.25, -0.2) is 4.39 Å². The number of allylic oxidation sites excluding steroid dienone is 1. The molecule has 0 fully saturated rings. The van der Waals surface area contributed by atoms with Crippen LogP contribution in [0, 0.1) is 5.82 Å². The summed E-state index contributed by atoms with van der Waals surface area (Å²) in [5.74, 6) is 0.0576. The Kier molecular flexibility index (Phi) is 4.99. The van der Waals surface area contributed by atoms with Crippen LogP contribution >= 0.6 is 0 Å². The molecular weight excluding hydrogens is 207 g/mol. The van der Waals surface area contributed by atoms with Gasteiger partial charge in [-0.1, -0.05) is 6.08 Å². The van der Waals surface area contributed by atoms with Crippen molar-refractivity contribution in [3.05, 3.63) is 42.2 Å². The molecule has 88 valence electrons. The van der Waals surface area contributed by atoms with Crippen molar-refractivity contribution in [1.82, 2.24) is 0 Å². The van der Waals surface area contributed by atoms with E-state index in [1.165, 1.54) is 12.1 Å². The predicted molar refractivity (Wildman–Crippen MR) is 62.0 cm³/mol. The minimum atomic E-state index is -0.657. The fraction of sp³-hybridized carbons (Fsp3) is 0.385. The van der Waals surface area contributed by atoms with Crippen LogP contribution in [0.5, 0.6) is 5.75 Å². The molecule has 1 N–H and O–H groups in total. The molecule has 0 saturated heterocycles. The van der Waals surface area contributed by atoms with Crippen LogP contribution in [-0.2, 0) is 0 Å². The first-order chi connectivity index (χ1) is 7.65. The van der Waals surface area contributed by atoms with E-state index in [1.54, 1.807) is 13.0 Å². The fourth-order valence-electron chi connectivity index (χ4n) is 1.39. The molecule has 1 unspecified atom stereocenters. The molecule has 1 atom stereocenters. The molecule has 0 aliphatic carbocycles. The number of unbranched alkanes of at least 4 members (excludes halogenated alkanes) is 1. The van der Waals surface area contributed by atoms with Crippen molar-refractivity contribution in [2.45, 2.75) is 25.9 Å². The number of benzene rings is 1. The summed E-state index contributed by atoms with van der Waals surface area (Å²) in [6, 6.07) is 4.16. The molecule has 1 aromatic carbocycles. The van der Waals surface area contributed by atoms with Crippen LogP contribution in [-0.4, -0.2) is 11.7 Å². The van der Waals surface area contributed by atoms with E-state index in [1.807, 2.05) is 6.08 Å². The Hall–Kier alpha value is -1.35. The minimum absolute atomic E-state index is 0.358. The van der Waals surface area contributed by atoms with Crippen LogP contribution < -0.4 is 4.74 Å². The lowest BCUT2D eigenvalue weighted by Gasteiger charge is -2.13. The molecule has 0 saturated carbocycles. The van der Waals surface area contributed by atoms with Gasteiger partial charge in [0.1, 0.15) is 11.6 Å². The van der Waals surface area contributed by atoms with Crippen molar-refractivity contribution in [2.24, 2.45) is 0 Å². The molecule has 0 radical (unpaired) electrons. The molecule has 0 bridgehead atoms. The lowest BCUT2D eigenvalue weighted by molar-refractivity contribution is 0.190. The molecule has 1 rings (SSSR count). The van der Waals surface area contributed by atoms with Gasteiger partial charge in [-0.05, 0) is 31.9 Å². The Morgan fingerprint density at radius 2 is 2.31 bits per heavy atom. The SMILES string of the molecule is C=CCCCOc1cc(F)ccc1C(C)O. The van der Waals surface area contributed by atoms with Crippen LogP contribution in [0.3, 0.4) is 0 Å². The number of aliphatic hydroxyl groups excluding tert-OH is 1. The smallest absolute Gasteiger partial charge is 0.127 e. The molecule has 0 spiro atoms. The number of halogens is 1. The summed E-state index contributed by atoms with van der Waals surface area (Å²) in [7, 11) is 0. The Morgan fingerprint density at radius 1 is 1.56 bits per heavy atom. The van der Waals surface area contributed by atoms with E-state index in [0.29, 0.717) is 17.9 Å². The maximum absolute atomic E-state index is 13.0. The highest BCUT2D eigenvalue weighted by molar-refractivity contribution is 5.35. The highest BCUT2D eigenvalue weighted by atomic mass is 19.1. The van der Waals surface area contributed by atoms with Crippen LogP contribution in [0.2, 0.25) is 0 Å². The second-order valence-electron chi connectivity index (χ2n) is 3.64. The third kappa shape index (κ3) is 3.66. The molecule has 0 aliphatic heterocycles. The van der Waals surface area contributed by atoms with Gasteiger partial charge >= 0.3 is 0 Å². The maximum atomic E-state index is 13.0. The van der Waals surface area contributed by atoms with Crippen LogP contribution in [0.1, 0.15) is 31.4 Å². The van der Waals surface area contributed by atoms with Crippen molar-refractivity contribution in [3.63, 3.8) is 0 Å². The molecular formula is C13H17FO2. The topological polar surface area (TPSA) is 29.5 Å². The van der Waals surface area contributed by atoms with E-state index in [0.717, 1.165) is 12.8 Å². The quantitative estimate of drug-likeness (QED) is 0.594. The summed E-state index contributed by atoms with van der Waals surface area (Å²) in [6.07, 6.45) is 2.85. The van der Waals surface area contributed by atoms with Crippen molar-refractivity contribution < 1.29 is 14.2 Å². The zero-order valence-corrected chi connectivity index (χ0v) is 9.45. The first-order valence-electron chi connectivity index (χ1n) is 5.36. The van der Waals surface area contributed by atoms with Crippen LogP contribution in [0.25, 0.3) is 0 Å². The largest absolute Gasteiger partial charge is 0.493 e. The molecule has 3 heteroatoms. The molecule has 16 heavy (non-hydrogen) atoms. The van der Waals surface area contributed by atoms with Gasteiger partial charge in [0.05, 0.1) is 12.7 Å². The van der Waals surface area contributed by atoms with E-state index >= 15 is 0 Å². The summed E-state index contributed by atoms with van der Waals surface area (Å²) in [4.78, 5) is 0. The van der Waals surface area contributed by atoms with E-state index in [2.05, 4.69) is 6.58 Å². The Balaban J connectivity index is 2.68. The van der Waals surface area contributed by atoms with Crippen molar-refractivity contribution in [2.75, 3.05) is 6.61 Å². The molecule has 0 amide bonds. The van der Waals surface area contributed by atoms with Crippen LogP contribution in [0.15, 0.2) is 30.9 Å². The van der Waals surface area contributed by atoms with Gasteiger partial charge in [-0.2, -0.15) is 0 Å². The van der Waals surface area contributed by atoms with Gasteiger partial charge in [0, 0.05) is 11.6 Å². The van der Waals surface area contributed by atoms with Gasteiger partial charge in [-0.3, -0.25) is 0 Å². The Bertz CT molecular complexity index is 348. The molecule has 2 nitrogen and oxygen atoms in total. The van der Waals surface area contributed by atoms with Crippen molar-refractivity contribution >= 4 is 0 Å². The lowest BCUT2D eigenvalue weighted by Crippen LogP contribution is -2.02.